The van der Waals surface area contributed by atoms with Gasteiger partial charge in [0, 0.05) is 17.1 Å². The molecule has 0 saturated heterocycles. The monoisotopic (exact) mass is 188 g/mol. The van der Waals surface area contributed by atoms with E-state index >= 15 is 0 Å². The number of nitrogens with zero attached hydrogens (tertiary/aromatic N) is 2. The third-order valence-corrected chi connectivity index (χ3v) is 2.47. The van der Waals surface area contributed by atoms with Crippen molar-refractivity contribution in [2.24, 2.45) is 4.99 Å². The van der Waals surface area contributed by atoms with Crippen molar-refractivity contribution in [3.05, 3.63) is 36.0 Å². The molecule has 1 aliphatic rings. The van der Waals surface area contributed by atoms with Gasteiger partial charge in [0.2, 0.25) is 0 Å². The summed E-state index contributed by atoms with van der Waals surface area (Å²) in [6.45, 7) is 0. The molecule has 62 valence electrons. The summed E-state index contributed by atoms with van der Waals surface area (Å²) in [6, 6.07) is 7.74. The van der Waals surface area contributed by atoms with E-state index in [1.807, 2.05) is 24.3 Å². The van der Waals surface area contributed by atoms with Crippen LogP contribution in [0.3, 0.4) is 0 Å². The SMILES string of the molecule is ClC1=Nc2cccc3nccc1c23. The second-order valence-electron chi connectivity index (χ2n) is 2.93. The maximum atomic E-state index is 5.97. The maximum Gasteiger partial charge on any atom is 0.137 e. The number of aromatic nitrogens is 1. The Hall–Kier alpha value is -1.41. The van der Waals surface area contributed by atoms with Crippen LogP contribution in [-0.4, -0.2) is 10.2 Å². The summed E-state index contributed by atoms with van der Waals surface area (Å²) in [5, 5.41) is 1.63. The molecule has 2 heterocycles. The van der Waals surface area contributed by atoms with Gasteiger partial charge in [-0.2, -0.15) is 0 Å². The minimum atomic E-state index is 0.564. The number of rotatable bonds is 0. The Kier molecular flexibility index (Phi) is 1.24. The lowest BCUT2D eigenvalue weighted by molar-refractivity contribution is 1.41. The molecule has 2 aromatic rings. The van der Waals surface area contributed by atoms with E-state index in [4.69, 9.17) is 11.6 Å². The molecule has 1 aromatic heterocycles. The highest BCUT2D eigenvalue weighted by Gasteiger charge is 2.16. The third-order valence-electron chi connectivity index (χ3n) is 2.19. The minimum absolute atomic E-state index is 0.564. The van der Waals surface area contributed by atoms with Crippen LogP contribution in [-0.2, 0) is 0 Å². The van der Waals surface area contributed by atoms with Crippen molar-refractivity contribution in [1.82, 2.24) is 4.98 Å². The molecule has 0 amide bonds. The summed E-state index contributed by atoms with van der Waals surface area (Å²) in [5.41, 5.74) is 2.86. The smallest absolute Gasteiger partial charge is 0.137 e. The van der Waals surface area contributed by atoms with E-state index in [0.29, 0.717) is 5.17 Å². The second-order valence-corrected chi connectivity index (χ2v) is 3.29. The highest BCUT2D eigenvalue weighted by Crippen LogP contribution is 2.34. The van der Waals surface area contributed by atoms with Crippen LogP contribution in [0.25, 0.3) is 10.9 Å². The summed E-state index contributed by atoms with van der Waals surface area (Å²) in [6.07, 6.45) is 1.75. The first-order valence-electron chi connectivity index (χ1n) is 3.98. The van der Waals surface area contributed by atoms with Gasteiger partial charge in [-0.05, 0) is 18.2 Å². The molecular weight excluding hydrogens is 184 g/mol. The zero-order chi connectivity index (χ0) is 8.84. The van der Waals surface area contributed by atoms with Crippen LogP contribution in [0.5, 0.6) is 0 Å². The van der Waals surface area contributed by atoms with Crippen molar-refractivity contribution in [1.29, 1.82) is 0 Å². The lowest BCUT2D eigenvalue weighted by Gasteiger charge is -1.97. The first-order chi connectivity index (χ1) is 6.36. The highest BCUT2D eigenvalue weighted by atomic mass is 35.5. The van der Waals surface area contributed by atoms with Gasteiger partial charge in [-0.25, -0.2) is 4.99 Å². The Balaban J connectivity index is 2.59. The van der Waals surface area contributed by atoms with E-state index in [1.165, 1.54) is 0 Å². The molecule has 0 unspecified atom stereocenters. The van der Waals surface area contributed by atoms with Gasteiger partial charge in [-0.15, -0.1) is 0 Å². The van der Waals surface area contributed by atoms with E-state index in [9.17, 15) is 0 Å². The van der Waals surface area contributed by atoms with Gasteiger partial charge in [0.1, 0.15) is 5.17 Å². The zero-order valence-corrected chi connectivity index (χ0v) is 7.42. The molecule has 1 aromatic carbocycles. The Morgan fingerprint density at radius 2 is 2.08 bits per heavy atom. The average Bonchev–Trinajstić information content (AvgIpc) is 2.47. The predicted octanol–water partition coefficient (Wildman–Crippen LogP) is 2.87. The van der Waals surface area contributed by atoms with E-state index in [2.05, 4.69) is 9.98 Å². The fraction of sp³-hybridized carbons (Fsp3) is 0. The van der Waals surface area contributed by atoms with Crippen LogP contribution in [0.2, 0.25) is 0 Å². The molecule has 13 heavy (non-hydrogen) atoms. The number of hydrogen-bond donors (Lipinski definition) is 0. The van der Waals surface area contributed by atoms with Crippen molar-refractivity contribution in [2.45, 2.75) is 0 Å². The van der Waals surface area contributed by atoms with Gasteiger partial charge in [0.25, 0.3) is 0 Å². The molecule has 0 radical (unpaired) electrons. The number of hydrogen-bond acceptors (Lipinski definition) is 2. The molecule has 0 atom stereocenters. The van der Waals surface area contributed by atoms with Crippen LogP contribution >= 0.6 is 11.6 Å². The van der Waals surface area contributed by atoms with Crippen molar-refractivity contribution in [3.8, 4) is 0 Å². The number of aliphatic imine (C=N–C) groups is 1. The molecular formula is C10H5ClN2. The van der Waals surface area contributed by atoms with Crippen LogP contribution in [0, 0.1) is 0 Å². The quantitative estimate of drug-likeness (QED) is 0.624. The van der Waals surface area contributed by atoms with Gasteiger partial charge < -0.3 is 0 Å². The Bertz CT molecular complexity index is 526. The fourth-order valence-electron chi connectivity index (χ4n) is 1.62. The predicted molar refractivity (Wildman–Crippen MR) is 53.8 cm³/mol. The molecule has 0 fully saturated rings. The van der Waals surface area contributed by atoms with Gasteiger partial charge >= 0.3 is 0 Å². The Labute approximate surface area is 79.9 Å². The lowest BCUT2D eigenvalue weighted by Crippen LogP contribution is -1.86. The van der Waals surface area contributed by atoms with E-state index in [1.54, 1.807) is 6.20 Å². The molecule has 3 heteroatoms. The van der Waals surface area contributed by atoms with Crippen LogP contribution < -0.4 is 0 Å². The summed E-state index contributed by atoms with van der Waals surface area (Å²) in [4.78, 5) is 8.48. The summed E-state index contributed by atoms with van der Waals surface area (Å²) in [7, 11) is 0. The standard InChI is InChI=1S/C10H5ClN2/c11-10-6-4-5-12-7-2-1-3-8(13-10)9(6)7/h1-5H. The number of pyridine rings is 1. The van der Waals surface area contributed by atoms with E-state index in [-0.39, 0.29) is 0 Å². The van der Waals surface area contributed by atoms with Crippen molar-refractivity contribution in [3.63, 3.8) is 0 Å². The van der Waals surface area contributed by atoms with Crippen molar-refractivity contribution >= 4 is 33.4 Å². The number of halogens is 1. The van der Waals surface area contributed by atoms with Crippen molar-refractivity contribution < 1.29 is 0 Å². The Morgan fingerprint density at radius 1 is 1.15 bits per heavy atom. The number of benzene rings is 1. The summed E-state index contributed by atoms with van der Waals surface area (Å²) in [5.74, 6) is 0. The average molecular weight is 189 g/mol. The first-order valence-corrected chi connectivity index (χ1v) is 4.36. The normalized spacial score (nSPS) is 13.5. The summed E-state index contributed by atoms with van der Waals surface area (Å²) < 4.78 is 0. The molecule has 0 aliphatic carbocycles. The third kappa shape index (κ3) is 0.835. The molecule has 1 aliphatic heterocycles. The highest BCUT2D eigenvalue weighted by molar-refractivity contribution is 6.71. The molecule has 0 bridgehead atoms. The van der Waals surface area contributed by atoms with Crippen LogP contribution in [0.15, 0.2) is 35.5 Å². The molecule has 0 N–H and O–H groups in total. The fourth-order valence-corrected chi connectivity index (χ4v) is 1.87. The second kappa shape index (κ2) is 2.30. The molecule has 0 spiro atoms. The largest absolute Gasteiger partial charge is 0.256 e. The van der Waals surface area contributed by atoms with Crippen LogP contribution in [0.4, 0.5) is 5.69 Å². The van der Waals surface area contributed by atoms with Gasteiger partial charge in [-0.1, -0.05) is 17.7 Å². The topological polar surface area (TPSA) is 25.2 Å². The van der Waals surface area contributed by atoms with Gasteiger partial charge in [0.05, 0.1) is 11.2 Å². The molecule has 3 rings (SSSR count). The minimum Gasteiger partial charge on any atom is -0.256 e. The van der Waals surface area contributed by atoms with Crippen LogP contribution in [0.1, 0.15) is 5.56 Å². The van der Waals surface area contributed by atoms with Crippen molar-refractivity contribution in [2.75, 3.05) is 0 Å². The summed E-state index contributed by atoms with van der Waals surface area (Å²) >= 11 is 5.97. The maximum absolute atomic E-state index is 5.97. The van der Waals surface area contributed by atoms with E-state index < -0.39 is 0 Å². The Morgan fingerprint density at radius 3 is 3.00 bits per heavy atom. The molecule has 2 nitrogen and oxygen atoms in total. The first kappa shape index (κ1) is 7.04. The molecule has 0 saturated carbocycles. The lowest BCUT2D eigenvalue weighted by atomic mass is 10.1. The van der Waals surface area contributed by atoms with Gasteiger partial charge in [0.15, 0.2) is 0 Å². The zero-order valence-electron chi connectivity index (χ0n) is 6.66. The van der Waals surface area contributed by atoms with E-state index in [0.717, 1.165) is 22.2 Å². The van der Waals surface area contributed by atoms with Gasteiger partial charge in [-0.3, -0.25) is 4.98 Å².